The van der Waals surface area contributed by atoms with E-state index in [4.69, 9.17) is 4.74 Å². The van der Waals surface area contributed by atoms with E-state index in [1.165, 1.54) is 12.0 Å². The molecule has 2 aliphatic rings. The van der Waals surface area contributed by atoms with Crippen molar-refractivity contribution in [2.75, 3.05) is 20.2 Å². The van der Waals surface area contributed by atoms with Crippen LogP contribution in [0.5, 0.6) is 5.75 Å². The molecule has 2 fully saturated rings. The van der Waals surface area contributed by atoms with Gasteiger partial charge in [0.1, 0.15) is 5.75 Å². The van der Waals surface area contributed by atoms with Crippen molar-refractivity contribution in [1.29, 1.82) is 0 Å². The van der Waals surface area contributed by atoms with E-state index in [9.17, 15) is 4.79 Å². The molecule has 1 aliphatic heterocycles. The largest absolute Gasteiger partial charge is 0.496 e. The Bertz CT molecular complexity index is 851. The third-order valence-electron chi connectivity index (χ3n) is 6.95. The first-order valence-corrected chi connectivity index (χ1v) is 11.3. The SMILES string of the molecule is COc1ccccc1CN1C[C@H]2CC[C@H](NC(=O)C(c3ccccc3)C(C)C)[C@H]2C1. The van der Waals surface area contributed by atoms with Gasteiger partial charge in [-0.1, -0.05) is 62.4 Å². The minimum Gasteiger partial charge on any atom is -0.496 e. The maximum atomic E-state index is 13.2. The molecule has 0 radical (unpaired) electrons. The zero-order valence-corrected chi connectivity index (χ0v) is 18.4. The number of carbonyl (C=O) groups is 1. The van der Waals surface area contributed by atoms with Gasteiger partial charge in [0.05, 0.1) is 13.0 Å². The highest BCUT2D eigenvalue weighted by atomic mass is 16.5. The van der Waals surface area contributed by atoms with Crippen molar-refractivity contribution in [1.82, 2.24) is 10.2 Å². The number of hydrogen-bond acceptors (Lipinski definition) is 3. The average molecular weight is 407 g/mol. The maximum absolute atomic E-state index is 13.2. The molecule has 0 aromatic heterocycles. The second kappa shape index (κ2) is 9.22. The van der Waals surface area contributed by atoms with Crippen LogP contribution in [0.2, 0.25) is 0 Å². The van der Waals surface area contributed by atoms with Crippen molar-refractivity contribution in [2.24, 2.45) is 17.8 Å². The first-order chi connectivity index (χ1) is 14.6. The summed E-state index contributed by atoms with van der Waals surface area (Å²) < 4.78 is 5.53. The summed E-state index contributed by atoms with van der Waals surface area (Å²) in [5.41, 5.74) is 2.35. The molecule has 1 heterocycles. The van der Waals surface area contributed by atoms with Crippen LogP contribution in [-0.2, 0) is 11.3 Å². The Kier molecular flexibility index (Phi) is 6.43. The normalized spacial score (nSPS) is 24.6. The van der Waals surface area contributed by atoms with Crippen molar-refractivity contribution in [3.63, 3.8) is 0 Å². The molecule has 0 spiro atoms. The summed E-state index contributed by atoms with van der Waals surface area (Å²) in [5, 5.41) is 3.45. The lowest BCUT2D eigenvalue weighted by atomic mass is 9.87. The standard InChI is InChI=1S/C26H34N2O2/c1-18(2)25(19-9-5-4-6-10-19)26(29)27-23-14-13-20-15-28(17-22(20)23)16-21-11-7-8-12-24(21)30-3/h4-12,18,20,22-23,25H,13-17H2,1-3H3,(H,27,29)/t20-,22+,23+,25?/m1/s1. The van der Waals surface area contributed by atoms with Gasteiger partial charge in [-0.2, -0.15) is 0 Å². The first-order valence-electron chi connectivity index (χ1n) is 11.3. The van der Waals surface area contributed by atoms with Gasteiger partial charge in [-0.05, 0) is 42.2 Å². The van der Waals surface area contributed by atoms with E-state index >= 15 is 0 Å². The molecule has 1 unspecified atom stereocenters. The molecule has 4 heteroatoms. The molecule has 30 heavy (non-hydrogen) atoms. The fourth-order valence-corrected chi connectivity index (χ4v) is 5.51. The molecule has 1 saturated carbocycles. The highest BCUT2D eigenvalue weighted by molar-refractivity contribution is 5.84. The minimum atomic E-state index is -0.0867. The number of benzene rings is 2. The molecule has 2 aromatic rings. The lowest BCUT2D eigenvalue weighted by Crippen LogP contribution is -2.43. The van der Waals surface area contributed by atoms with E-state index < -0.39 is 0 Å². The highest BCUT2D eigenvalue weighted by Gasteiger charge is 2.43. The van der Waals surface area contributed by atoms with Gasteiger partial charge in [0, 0.05) is 31.2 Å². The number of amides is 1. The number of para-hydroxylation sites is 1. The number of nitrogens with zero attached hydrogens (tertiary/aromatic N) is 1. The Hall–Kier alpha value is -2.33. The molecule has 2 aromatic carbocycles. The van der Waals surface area contributed by atoms with Crippen LogP contribution in [0.3, 0.4) is 0 Å². The van der Waals surface area contributed by atoms with Crippen molar-refractivity contribution < 1.29 is 9.53 Å². The van der Waals surface area contributed by atoms with Crippen molar-refractivity contribution in [3.8, 4) is 5.75 Å². The van der Waals surface area contributed by atoms with E-state index in [0.717, 1.165) is 37.4 Å². The summed E-state index contributed by atoms with van der Waals surface area (Å²) >= 11 is 0. The van der Waals surface area contributed by atoms with Crippen LogP contribution < -0.4 is 10.1 Å². The van der Waals surface area contributed by atoms with Crippen LogP contribution >= 0.6 is 0 Å². The second-order valence-electron chi connectivity index (χ2n) is 9.25. The summed E-state index contributed by atoms with van der Waals surface area (Å²) in [4.78, 5) is 15.8. The molecule has 4 rings (SSSR count). The topological polar surface area (TPSA) is 41.6 Å². The summed E-state index contributed by atoms with van der Waals surface area (Å²) in [5.74, 6) is 2.56. The van der Waals surface area contributed by atoms with Crippen LogP contribution in [0.15, 0.2) is 54.6 Å². The Morgan fingerprint density at radius 3 is 2.53 bits per heavy atom. The molecule has 1 saturated heterocycles. The Labute approximate surface area is 180 Å². The molecule has 1 amide bonds. The van der Waals surface area contributed by atoms with E-state index in [1.54, 1.807) is 7.11 Å². The third kappa shape index (κ3) is 4.39. The van der Waals surface area contributed by atoms with Gasteiger partial charge in [-0.25, -0.2) is 0 Å². The number of likely N-dealkylation sites (tertiary alicyclic amines) is 1. The van der Waals surface area contributed by atoms with Gasteiger partial charge in [0.15, 0.2) is 0 Å². The number of methoxy groups -OCH3 is 1. The van der Waals surface area contributed by atoms with E-state index in [2.05, 4.69) is 48.3 Å². The summed E-state index contributed by atoms with van der Waals surface area (Å²) in [6, 6.07) is 18.8. The minimum absolute atomic E-state index is 0.0867. The van der Waals surface area contributed by atoms with Crippen molar-refractivity contribution in [3.05, 3.63) is 65.7 Å². The van der Waals surface area contributed by atoms with Crippen LogP contribution in [-0.4, -0.2) is 37.0 Å². The second-order valence-corrected chi connectivity index (χ2v) is 9.25. The van der Waals surface area contributed by atoms with Gasteiger partial charge >= 0.3 is 0 Å². The summed E-state index contributed by atoms with van der Waals surface area (Å²) in [6.45, 7) is 7.35. The molecular weight excluding hydrogens is 372 g/mol. The molecule has 4 atom stereocenters. The van der Waals surface area contributed by atoms with Crippen LogP contribution in [0.1, 0.15) is 43.7 Å². The lowest BCUT2D eigenvalue weighted by Gasteiger charge is -2.26. The van der Waals surface area contributed by atoms with Crippen LogP contribution in [0, 0.1) is 17.8 Å². The van der Waals surface area contributed by atoms with E-state index in [0.29, 0.717) is 11.8 Å². The molecule has 1 N–H and O–H groups in total. The molecular formula is C26H34N2O2. The number of hydrogen-bond donors (Lipinski definition) is 1. The smallest absolute Gasteiger partial charge is 0.228 e. The highest BCUT2D eigenvalue weighted by Crippen LogP contribution is 2.39. The Balaban J connectivity index is 1.40. The van der Waals surface area contributed by atoms with Crippen LogP contribution in [0.4, 0.5) is 0 Å². The average Bonchev–Trinajstić information content (AvgIpc) is 3.30. The van der Waals surface area contributed by atoms with Crippen LogP contribution in [0.25, 0.3) is 0 Å². The molecule has 1 aliphatic carbocycles. The van der Waals surface area contributed by atoms with E-state index in [1.807, 2.05) is 30.3 Å². The molecule has 0 bridgehead atoms. The van der Waals surface area contributed by atoms with Gasteiger partial charge < -0.3 is 10.1 Å². The van der Waals surface area contributed by atoms with Crippen molar-refractivity contribution >= 4 is 5.91 Å². The fourth-order valence-electron chi connectivity index (χ4n) is 5.51. The molecule has 160 valence electrons. The lowest BCUT2D eigenvalue weighted by molar-refractivity contribution is -0.124. The zero-order valence-electron chi connectivity index (χ0n) is 18.4. The predicted molar refractivity (Wildman–Crippen MR) is 120 cm³/mol. The predicted octanol–water partition coefficient (Wildman–Crippen LogP) is 4.46. The van der Waals surface area contributed by atoms with Crippen molar-refractivity contribution in [2.45, 2.75) is 45.2 Å². The number of nitrogens with one attached hydrogen (secondary N) is 1. The Morgan fingerprint density at radius 2 is 1.80 bits per heavy atom. The first kappa shape index (κ1) is 20.9. The third-order valence-corrected chi connectivity index (χ3v) is 6.95. The number of ether oxygens (including phenoxy) is 1. The monoisotopic (exact) mass is 406 g/mol. The number of carbonyl (C=O) groups excluding carboxylic acids is 1. The van der Waals surface area contributed by atoms with E-state index in [-0.39, 0.29) is 23.8 Å². The number of fused-ring (bicyclic) bond motifs is 1. The maximum Gasteiger partial charge on any atom is 0.228 e. The number of rotatable bonds is 7. The Morgan fingerprint density at radius 1 is 1.07 bits per heavy atom. The van der Waals surface area contributed by atoms with Gasteiger partial charge in [-0.3, -0.25) is 9.69 Å². The zero-order chi connectivity index (χ0) is 21.1. The molecule has 4 nitrogen and oxygen atoms in total. The van der Waals surface area contributed by atoms with Gasteiger partial charge in [-0.15, -0.1) is 0 Å². The fraction of sp³-hybridized carbons (Fsp3) is 0.500. The summed E-state index contributed by atoms with van der Waals surface area (Å²) in [6.07, 6.45) is 2.30. The van der Waals surface area contributed by atoms with Gasteiger partial charge in [0.25, 0.3) is 0 Å². The quantitative estimate of drug-likeness (QED) is 0.738. The summed E-state index contributed by atoms with van der Waals surface area (Å²) in [7, 11) is 1.74. The van der Waals surface area contributed by atoms with Gasteiger partial charge in [0.2, 0.25) is 5.91 Å².